The number of primary amides is 1. The molecule has 3 aromatic carbocycles. The molecule has 7 nitrogen and oxygen atoms in total. The Hall–Kier alpha value is -4.37. The molecule has 3 heterocycles. The zero-order chi connectivity index (χ0) is 38.6. The number of rotatable bonds is 9. The number of carbonyl (C=O) groups excluding carboxylic acids is 1. The van der Waals surface area contributed by atoms with Crippen molar-refractivity contribution in [3.63, 3.8) is 0 Å². The molecule has 6 rings (SSSR count). The molecule has 0 spiro atoms. The van der Waals surface area contributed by atoms with Gasteiger partial charge in [-0.15, -0.1) is 0 Å². The molecule has 2 saturated heterocycles. The van der Waals surface area contributed by atoms with E-state index in [1.54, 1.807) is 0 Å². The number of fused-ring (bicyclic) bond motifs is 2. The molecule has 53 heavy (non-hydrogen) atoms. The number of carboxylic acid groups (broad SMARTS) is 1. The number of hydrogen-bond acceptors (Lipinski definition) is 5. The fourth-order valence-electron chi connectivity index (χ4n) is 7.10. The van der Waals surface area contributed by atoms with Crippen LogP contribution in [0.1, 0.15) is 43.2 Å². The van der Waals surface area contributed by atoms with Gasteiger partial charge in [0.1, 0.15) is 5.41 Å². The highest BCUT2D eigenvalue weighted by Crippen LogP contribution is 2.46. The Morgan fingerprint density at radius 2 is 1.30 bits per heavy atom. The van der Waals surface area contributed by atoms with Crippen LogP contribution in [0.3, 0.4) is 0 Å². The maximum Gasteiger partial charge on any atom is 0.403 e. The van der Waals surface area contributed by atoms with E-state index in [9.17, 15) is 44.7 Å². The predicted molar refractivity (Wildman–Crippen MR) is 184 cm³/mol. The summed E-state index contributed by atoms with van der Waals surface area (Å²) >= 11 is 0. The summed E-state index contributed by atoms with van der Waals surface area (Å²) in [6, 6.07) is 20.3. The van der Waals surface area contributed by atoms with Crippen LogP contribution in [-0.4, -0.2) is 89.3 Å². The van der Waals surface area contributed by atoms with Gasteiger partial charge in [-0.25, -0.2) is 8.78 Å². The molecule has 1 amide bonds. The number of carbonyl (C=O) groups is 2. The number of hydrogen-bond donors (Lipinski definition) is 2. The molecule has 2 aliphatic rings. The molecule has 286 valence electrons. The molecule has 0 bridgehead atoms. The smallest absolute Gasteiger partial charge is 0.403 e. The van der Waals surface area contributed by atoms with Gasteiger partial charge in [0.2, 0.25) is 5.91 Å². The zero-order valence-corrected chi connectivity index (χ0v) is 28.7. The third kappa shape index (κ3) is 9.60. The first-order chi connectivity index (χ1) is 24.9. The molecule has 15 heteroatoms. The Morgan fingerprint density at radius 3 is 1.91 bits per heavy atom. The normalized spacial score (nSPS) is 18.0. The van der Waals surface area contributed by atoms with Crippen molar-refractivity contribution in [3.05, 3.63) is 78.0 Å². The summed E-state index contributed by atoms with van der Waals surface area (Å²) < 4.78 is 102. The molecular formula is C38H40F8N4O3. The van der Waals surface area contributed by atoms with Gasteiger partial charge in [0.25, 0.3) is 5.92 Å². The number of aryl methyl sites for hydroxylation is 1. The second-order valence-corrected chi connectivity index (χ2v) is 13.7. The number of benzene rings is 3. The van der Waals surface area contributed by atoms with Gasteiger partial charge in [-0.1, -0.05) is 60.7 Å². The maximum absolute atomic E-state index is 13.5. The van der Waals surface area contributed by atoms with Crippen LogP contribution in [0.25, 0.3) is 32.8 Å². The van der Waals surface area contributed by atoms with Gasteiger partial charge in [0, 0.05) is 56.0 Å². The molecule has 1 aromatic heterocycles. The van der Waals surface area contributed by atoms with E-state index < -0.39 is 68.0 Å². The first-order valence-electron chi connectivity index (χ1n) is 17.2. The van der Waals surface area contributed by atoms with Gasteiger partial charge in [-0.3, -0.25) is 19.5 Å². The Kier molecular flexibility index (Phi) is 12.0. The lowest BCUT2D eigenvalue weighted by molar-refractivity contribution is -0.234. The Labute approximate surface area is 300 Å². The molecule has 0 atom stereocenters. The summed E-state index contributed by atoms with van der Waals surface area (Å²) in [5.41, 5.74) is 6.10. The van der Waals surface area contributed by atoms with Crippen LogP contribution in [0.2, 0.25) is 0 Å². The summed E-state index contributed by atoms with van der Waals surface area (Å²) in [6.45, 7) is -0.598. The first kappa shape index (κ1) is 39.8. The van der Waals surface area contributed by atoms with Crippen molar-refractivity contribution in [2.75, 3.05) is 39.3 Å². The van der Waals surface area contributed by atoms with Crippen molar-refractivity contribution in [2.24, 2.45) is 11.1 Å². The van der Waals surface area contributed by atoms with Crippen molar-refractivity contribution >= 4 is 33.4 Å². The van der Waals surface area contributed by atoms with E-state index in [1.165, 1.54) is 0 Å². The highest BCUT2D eigenvalue weighted by atomic mass is 19.4. The minimum absolute atomic E-state index is 0.0690. The first-order valence-corrected chi connectivity index (χ1v) is 17.2. The number of nitrogens with zero attached hydrogens (tertiary/aromatic N) is 3. The van der Waals surface area contributed by atoms with Gasteiger partial charge in [-0.2, -0.15) is 26.3 Å². The van der Waals surface area contributed by atoms with E-state index in [-0.39, 0.29) is 19.3 Å². The van der Waals surface area contributed by atoms with Crippen LogP contribution in [0.4, 0.5) is 35.1 Å². The van der Waals surface area contributed by atoms with E-state index in [0.717, 1.165) is 61.8 Å². The second kappa shape index (κ2) is 15.9. The van der Waals surface area contributed by atoms with Crippen LogP contribution in [-0.2, 0) is 22.4 Å². The van der Waals surface area contributed by atoms with Crippen molar-refractivity contribution in [3.8, 4) is 11.3 Å². The fourth-order valence-corrected chi connectivity index (χ4v) is 7.10. The molecule has 2 fully saturated rings. The number of piperidine rings is 2. The summed E-state index contributed by atoms with van der Waals surface area (Å²) in [4.78, 5) is 29.9. The minimum atomic E-state index is -4.83. The van der Waals surface area contributed by atoms with E-state index in [1.807, 2.05) is 42.6 Å². The summed E-state index contributed by atoms with van der Waals surface area (Å²) in [6.07, 6.45) is -7.66. The number of pyridine rings is 1. The van der Waals surface area contributed by atoms with Crippen molar-refractivity contribution in [2.45, 2.75) is 63.2 Å². The average Bonchev–Trinajstić information content (AvgIpc) is 3.09. The lowest BCUT2D eigenvalue weighted by Crippen LogP contribution is -2.56. The molecule has 2 aliphatic heterocycles. The average molecular weight is 753 g/mol. The number of aromatic nitrogens is 1. The van der Waals surface area contributed by atoms with Gasteiger partial charge < -0.3 is 15.7 Å². The van der Waals surface area contributed by atoms with Crippen molar-refractivity contribution < 1.29 is 49.8 Å². The van der Waals surface area contributed by atoms with Crippen LogP contribution in [0.15, 0.2) is 66.9 Å². The maximum atomic E-state index is 13.5. The number of alkyl halides is 8. The molecule has 4 aromatic rings. The SMILES string of the molecule is NC(=O)C1(C(F)(F)F)CCN(CC(F)(F)F)CC1.O=C(O)CCc1cccc2c(-c3ncc(CCN4CCC(F)(F)CC4)c4ccccc34)cccc12. The molecule has 0 aliphatic carbocycles. The molecule has 3 N–H and O–H groups in total. The third-order valence-corrected chi connectivity index (χ3v) is 10.2. The summed E-state index contributed by atoms with van der Waals surface area (Å²) in [5.74, 6) is -4.86. The fraction of sp³-hybridized carbons (Fsp3) is 0.447. The Balaban J connectivity index is 0.000000255. The van der Waals surface area contributed by atoms with Gasteiger partial charge in [0.05, 0.1) is 12.2 Å². The van der Waals surface area contributed by atoms with E-state index in [0.29, 0.717) is 19.5 Å². The summed E-state index contributed by atoms with van der Waals surface area (Å²) in [7, 11) is 0. The number of likely N-dealkylation sites (tertiary alicyclic amines) is 2. The number of nitrogens with two attached hydrogens (primary N) is 1. The van der Waals surface area contributed by atoms with Gasteiger partial charge in [-0.05, 0) is 66.1 Å². The quantitative estimate of drug-likeness (QED) is 0.168. The molecule has 0 unspecified atom stereocenters. The number of aliphatic carboxylic acids is 1. The van der Waals surface area contributed by atoms with Gasteiger partial charge in [0.15, 0.2) is 0 Å². The van der Waals surface area contributed by atoms with E-state index >= 15 is 0 Å². The topological polar surface area (TPSA) is 99.8 Å². The number of amides is 1. The van der Waals surface area contributed by atoms with Crippen LogP contribution in [0, 0.1) is 5.41 Å². The molecular weight excluding hydrogens is 712 g/mol. The van der Waals surface area contributed by atoms with Crippen molar-refractivity contribution in [1.82, 2.24) is 14.8 Å². The van der Waals surface area contributed by atoms with Crippen LogP contribution >= 0.6 is 0 Å². The van der Waals surface area contributed by atoms with E-state index in [2.05, 4.69) is 29.2 Å². The lowest BCUT2D eigenvalue weighted by Gasteiger charge is -2.40. The van der Waals surface area contributed by atoms with E-state index in [4.69, 9.17) is 15.8 Å². The van der Waals surface area contributed by atoms with Crippen LogP contribution in [0.5, 0.6) is 0 Å². The van der Waals surface area contributed by atoms with Crippen molar-refractivity contribution in [1.29, 1.82) is 0 Å². The van der Waals surface area contributed by atoms with Gasteiger partial charge >= 0.3 is 18.3 Å². The predicted octanol–water partition coefficient (Wildman–Crippen LogP) is 8.02. The third-order valence-electron chi connectivity index (χ3n) is 10.2. The highest BCUT2D eigenvalue weighted by molar-refractivity contribution is 6.05. The Bertz CT molecular complexity index is 1910. The summed E-state index contributed by atoms with van der Waals surface area (Å²) in [5, 5.41) is 13.4. The largest absolute Gasteiger partial charge is 0.481 e. The standard InChI is InChI=1S/C29H28F2N2O2.C9H12F6N2O/c30-29(31)14-17-33(18-15-29)16-13-21-19-32-28(25-7-2-1-6-23(21)25)26-10-4-8-22-20(11-12-27(34)35)5-3-9-24(22)26;10-8(11,12)5-17-3-1-7(2-4-17,6(16)18)9(13,14)15/h1-10,19H,11-18H2,(H,34,35);1-5H2,(H2,16,18). The minimum Gasteiger partial charge on any atom is -0.481 e. The molecule has 0 saturated carbocycles. The lowest BCUT2D eigenvalue weighted by atomic mass is 9.77. The number of carboxylic acids is 1. The van der Waals surface area contributed by atoms with Crippen LogP contribution < -0.4 is 5.73 Å². The monoisotopic (exact) mass is 752 g/mol. The zero-order valence-electron chi connectivity index (χ0n) is 28.7. The Morgan fingerprint density at radius 1 is 0.736 bits per heavy atom. The highest BCUT2D eigenvalue weighted by Gasteiger charge is 2.60. The second-order valence-electron chi connectivity index (χ2n) is 13.7. The number of halogens is 8. The molecule has 0 radical (unpaired) electrons.